The van der Waals surface area contributed by atoms with Gasteiger partial charge in [0.25, 0.3) is 0 Å². The first-order chi connectivity index (χ1) is 9.56. The zero-order valence-electron chi connectivity index (χ0n) is 12.2. The van der Waals surface area contributed by atoms with Crippen molar-refractivity contribution in [3.63, 3.8) is 0 Å². The summed E-state index contributed by atoms with van der Waals surface area (Å²) in [4.78, 5) is 11.0. The molecule has 0 aromatic heterocycles. The van der Waals surface area contributed by atoms with E-state index in [1.54, 1.807) is 12.2 Å². The summed E-state index contributed by atoms with van der Waals surface area (Å²) in [7, 11) is 0. The molecule has 3 N–H and O–H groups in total. The molecule has 1 aliphatic rings. The Bertz CT molecular complexity index is 371. The third kappa shape index (κ3) is 5.37. The molecular formula is C16H26O4. The molecule has 2 unspecified atom stereocenters. The Labute approximate surface area is 120 Å². The van der Waals surface area contributed by atoms with Crippen LogP contribution in [-0.4, -0.2) is 27.4 Å². The average Bonchev–Trinajstić information content (AvgIpc) is 2.77. The molecule has 1 rings (SSSR count). The van der Waals surface area contributed by atoms with E-state index in [0.29, 0.717) is 19.3 Å². The predicted molar refractivity (Wildman–Crippen MR) is 78.5 cm³/mol. The SMILES string of the molecule is CCCCCCCC(O)C=CC1CCC(O)=C1C(=O)O. The number of hydrogen-bond donors (Lipinski definition) is 3. The number of carbonyl (C=O) groups is 1. The molecule has 0 spiro atoms. The van der Waals surface area contributed by atoms with Gasteiger partial charge in [-0.1, -0.05) is 51.2 Å². The van der Waals surface area contributed by atoms with Crippen molar-refractivity contribution in [2.45, 2.75) is 64.4 Å². The molecule has 1 aliphatic carbocycles. The Morgan fingerprint density at radius 1 is 1.35 bits per heavy atom. The van der Waals surface area contributed by atoms with Gasteiger partial charge < -0.3 is 15.3 Å². The van der Waals surface area contributed by atoms with Crippen molar-refractivity contribution in [2.24, 2.45) is 5.92 Å². The van der Waals surface area contributed by atoms with Crippen LogP contribution in [0.15, 0.2) is 23.5 Å². The highest BCUT2D eigenvalue weighted by atomic mass is 16.4. The van der Waals surface area contributed by atoms with Crippen molar-refractivity contribution < 1.29 is 20.1 Å². The second kappa shape index (κ2) is 8.80. The number of aliphatic hydroxyl groups excluding tert-OH is 2. The number of carboxylic acid groups (broad SMARTS) is 1. The third-order valence-corrected chi connectivity index (χ3v) is 3.77. The van der Waals surface area contributed by atoms with Crippen LogP contribution in [0.1, 0.15) is 58.3 Å². The van der Waals surface area contributed by atoms with Crippen LogP contribution in [0, 0.1) is 5.92 Å². The topological polar surface area (TPSA) is 77.8 Å². The number of unbranched alkanes of at least 4 members (excludes halogenated alkanes) is 4. The van der Waals surface area contributed by atoms with Crippen LogP contribution in [-0.2, 0) is 4.79 Å². The Hall–Kier alpha value is -1.29. The normalized spacial score (nSPS) is 20.8. The van der Waals surface area contributed by atoms with Crippen LogP contribution in [0.5, 0.6) is 0 Å². The van der Waals surface area contributed by atoms with Crippen molar-refractivity contribution in [3.05, 3.63) is 23.5 Å². The smallest absolute Gasteiger partial charge is 0.335 e. The molecule has 0 amide bonds. The summed E-state index contributed by atoms with van der Waals surface area (Å²) in [6, 6.07) is 0. The maximum atomic E-state index is 11.0. The number of aliphatic hydroxyl groups is 2. The van der Waals surface area contributed by atoms with Crippen LogP contribution in [0.2, 0.25) is 0 Å². The number of rotatable bonds is 9. The molecule has 0 fully saturated rings. The number of hydrogen-bond acceptors (Lipinski definition) is 3. The maximum absolute atomic E-state index is 11.0. The molecule has 0 aromatic carbocycles. The van der Waals surface area contributed by atoms with Crippen molar-refractivity contribution in [3.8, 4) is 0 Å². The summed E-state index contributed by atoms with van der Waals surface area (Å²) in [5, 5.41) is 28.4. The highest BCUT2D eigenvalue weighted by Gasteiger charge is 2.28. The van der Waals surface area contributed by atoms with Crippen molar-refractivity contribution in [2.75, 3.05) is 0 Å². The zero-order chi connectivity index (χ0) is 15.0. The molecule has 0 aliphatic heterocycles. The molecule has 0 aromatic rings. The van der Waals surface area contributed by atoms with Gasteiger partial charge in [-0.15, -0.1) is 0 Å². The van der Waals surface area contributed by atoms with Gasteiger partial charge in [0.2, 0.25) is 0 Å². The van der Waals surface area contributed by atoms with E-state index in [4.69, 9.17) is 5.11 Å². The minimum Gasteiger partial charge on any atom is -0.512 e. The van der Waals surface area contributed by atoms with Crippen LogP contribution < -0.4 is 0 Å². The molecule has 0 saturated heterocycles. The largest absolute Gasteiger partial charge is 0.512 e. The summed E-state index contributed by atoms with van der Waals surface area (Å²) in [6.07, 6.45) is 10.4. The Kier molecular flexibility index (Phi) is 7.37. The van der Waals surface area contributed by atoms with E-state index in [-0.39, 0.29) is 17.3 Å². The average molecular weight is 282 g/mol. The van der Waals surface area contributed by atoms with E-state index in [2.05, 4.69) is 6.92 Å². The monoisotopic (exact) mass is 282 g/mol. The molecule has 0 saturated carbocycles. The quantitative estimate of drug-likeness (QED) is 0.446. The van der Waals surface area contributed by atoms with Crippen molar-refractivity contribution in [1.82, 2.24) is 0 Å². The van der Waals surface area contributed by atoms with E-state index in [0.717, 1.165) is 12.8 Å². The van der Waals surface area contributed by atoms with Gasteiger partial charge in [0.1, 0.15) is 5.76 Å². The third-order valence-electron chi connectivity index (χ3n) is 3.77. The number of carboxylic acids is 1. The van der Waals surface area contributed by atoms with Crippen LogP contribution >= 0.6 is 0 Å². The van der Waals surface area contributed by atoms with Gasteiger partial charge >= 0.3 is 5.97 Å². The Morgan fingerprint density at radius 3 is 2.70 bits per heavy atom. The summed E-state index contributed by atoms with van der Waals surface area (Å²) >= 11 is 0. The molecular weight excluding hydrogens is 256 g/mol. The number of aliphatic carboxylic acids is 1. The van der Waals surface area contributed by atoms with Gasteiger partial charge in [0.15, 0.2) is 0 Å². The molecule has 20 heavy (non-hydrogen) atoms. The maximum Gasteiger partial charge on any atom is 0.335 e. The molecule has 114 valence electrons. The lowest BCUT2D eigenvalue weighted by atomic mass is 9.99. The summed E-state index contributed by atoms with van der Waals surface area (Å²) in [6.45, 7) is 2.17. The van der Waals surface area contributed by atoms with E-state index in [9.17, 15) is 15.0 Å². The minimum atomic E-state index is -1.07. The fourth-order valence-corrected chi connectivity index (χ4v) is 2.58. The lowest BCUT2D eigenvalue weighted by Crippen LogP contribution is -2.09. The van der Waals surface area contributed by atoms with Gasteiger partial charge in [0.05, 0.1) is 11.7 Å². The molecule has 0 radical (unpaired) electrons. The Morgan fingerprint density at radius 2 is 2.05 bits per heavy atom. The number of allylic oxidation sites excluding steroid dienone is 2. The van der Waals surface area contributed by atoms with Gasteiger partial charge in [-0.2, -0.15) is 0 Å². The van der Waals surface area contributed by atoms with Crippen molar-refractivity contribution in [1.29, 1.82) is 0 Å². The van der Waals surface area contributed by atoms with E-state index in [1.807, 2.05) is 0 Å². The summed E-state index contributed by atoms with van der Waals surface area (Å²) in [5.41, 5.74) is 0.0800. The van der Waals surface area contributed by atoms with Crippen molar-refractivity contribution >= 4 is 5.97 Å². The van der Waals surface area contributed by atoms with Crippen LogP contribution in [0.3, 0.4) is 0 Å². The lowest BCUT2D eigenvalue weighted by Gasteiger charge is -2.08. The first-order valence-electron chi connectivity index (χ1n) is 7.58. The van der Waals surface area contributed by atoms with Gasteiger partial charge in [0, 0.05) is 12.3 Å². The fourth-order valence-electron chi connectivity index (χ4n) is 2.58. The van der Waals surface area contributed by atoms with E-state index in [1.165, 1.54) is 19.3 Å². The van der Waals surface area contributed by atoms with Gasteiger partial charge in [-0.3, -0.25) is 0 Å². The second-order valence-corrected chi connectivity index (χ2v) is 5.47. The predicted octanol–water partition coefficient (Wildman–Crippen LogP) is 3.57. The van der Waals surface area contributed by atoms with Gasteiger partial charge in [-0.25, -0.2) is 4.79 Å². The molecule has 4 heteroatoms. The first-order valence-corrected chi connectivity index (χ1v) is 7.58. The highest BCUT2D eigenvalue weighted by molar-refractivity contribution is 5.88. The lowest BCUT2D eigenvalue weighted by molar-refractivity contribution is -0.133. The Balaban J connectivity index is 2.34. The van der Waals surface area contributed by atoms with E-state index < -0.39 is 12.1 Å². The fraction of sp³-hybridized carbons (Fsp3) is 0.688. The van der Waals surface area contributed by atoms with Gasteiger partial charge in [-0.05, 0) is 12.8 Å². The van der Waals surface area contributed by atoms with E-state index >= 15 is 0 Å². The standard InChI is InChI=1S/C16H26O4/c1-2-3-4-5-6-7-13(17)10-8-12-9-11-14(18)15(12)16(19)20/h8,10,12-13,17-18H,2-7,9,11H2,1H3,(H,19,20). The zero-order valence-corrected chi connectivity index (χ0v) is 12.2. The molecule has 0 heterocycles. The summed E-state index contributed by atoms with van der Waals surface area (Å²) in [5.74, 6) is -1.37. The van der Waals surface area contributed by atoms with Crippen LogP contribution in [0.4, 0.5) is 0 Å². The molecule has 4 nitrogen and oxygen atoms in total. The first kappa shape index (κ1) is 16.8. The second-order valence-electron chi connectivity index (χ2n) is 5.47. The highest BCUT2D eigenvalue weighted by Crippen LogP contribution is 2.31. The minimum absolute atomic E-state index is 0.0267. The molecule has 0 bridgehead atoms. The van der Waals surface area contributed by atoms with Crippen LogP contribution in [0.25, 0.3) is 0 Å². The summed E-state index contributed by atoms with van der Waals surface area (Å²) < 4.78 is 0. The molecule has 2 atom stereocenters.